The SMILES string of the molecule is Cc1ccc(/C=C/c2ccc(C34CC5C6CC7(C)CC5C(C3)C(C7)C6C4)cc2)cc1. The summed E-state index contributed by atoms with van der Waals surface area (Å²) in [4.78, 5) is 0. The van der Waals surface area contributed by atoms with Crippen LogP contribution in [0.5, 0.6) is 0 Å². The van der Waals surface area contributed by atoms with Gasteiger partial charge < -0.3 is 0 Å². The van der Waals surface area contributed by atoms with Crippen LogP contribution in [0.25, 0.3) is 12.2 Å². The van der Waals surface area contributed by atoms with Gasteiger partial charge in [0.1, 0.15) is 0 Å². The van der Waals surface area contributed by atoms with Crippen molar-refractivity contribution >= 4 is 12.2 Å². The second-order valence-corrected chi connectivity index (χ2v) is 12.2. The minimum Gasteiger partial charge on any atom is -0.0596 e. The van der Waals surface area contributed by atoms with Crippen molar-refractivity contribution in [3.63, 3.8) is 0 Å². The van der Waals surface area contributed by atoms with E-state index in [1.165, 1.54) is 36.0 Å². The van der Waals surface area contributed by atoms with E-state index < -0.39 is 0 Å². The molecule has 2 aromatic carbocycles. The Hall–Kier alpha value is -1.82. The van der Waals surface area contributed by atoms with Gasteiger partial charge in [-0.05, 0) is 108 Å². The highest BCUT2D eigenvalue weighted by molar-refractivity contribution is 5.69. The molecule has 0 unspecified atom stereocenters. The molecule has 0 atom stereocenters. The van der Waals surface area contributed by atoms with Gasteiger partial charge in [-0.2, -0.15) is 0 Å². The number of aryl methyl sites for hydroxylation is 1. The van der Waals surface area contributed by atoms with Crippen LogP contribution in [0, 0.1) is 47.8 Å². The third-order valence-corrected chi connectivity index (χ3v) is 10.4. The third kappa shape index (κ3) is 2.40. The average Bonchev–Trinajstić information content (AvgIpc) is 2.76. The van der Waals surface area contributed by atoms with Crippen molar-refractivity contribution in [2.24, 2.45) is 40.9 Å². The van der Waals surface area contributed by atoms with Crippen molar-refractivity contribution in [3.8, 4) is 0 Å². The van der Waals surface area contributed by atoms with Crippen LogP contribution in [0.15, 0.2) is 48.5 Å². The highest BCUT2D eigenvalue weighted by Crippen LogP contribution is 2.76. The smallest absolute Gasteiger partial charge is 0.00384 e. The van der Waals surface area contributed by atoms with Crippen LogP contribution in [-0.2, 0) is 5.41 Å². The van der Waals surface area contributed by atoms with Gasteiger partial charge >= 0.3 is 0 Å². The lowest BCUT2D eigenvalue weighted by Gasteiger charge is -2.74. The van der Waals surface area contributed by atoms with Gasteiger partial charge in [-0.25, -0.2) is 0 Å². The molecule has 2 aromatic rings. The molecule has 0 heterocycles. The molecule has 0 aromatic heterocycles. The Balaban J connectivity index is 1.16. The molecule has 7 fully saturated rings. The summed E-state index contributed by atoms with van der Waals surface area (Å²) >= 11 is 0. The Morgan fingerprint density at radius 3 is 1.47 bits per heavy atom. The predicted molar refractivity (Wildman–Crippen MR) is 125 cm³/mol. The van der Waals surface area contributed by atoms with Crippen molar-refractivity contribution in [1.29, 1.82) is 0 Å². The zero-order valence-corrected chi connectivity index (χ0v) is 18.5. The molecule has 0 heteroatoms. The fourth-order valence-corrected chi connectivity index (χ4v) is 9.45. The number of hydrogen-bond acceptors (Lipinski definition) is 0. The molecule has 0 N–H and O–H groups in total. The maximum atomic E-state index is 2.63. The lowest BCUT2D eigenvalue weighted by atomic mass is 9.30. The fourth-order valence-electron chi connectivity index (χ4n) is 9.45. The highest BCUT2D eigenvalue weighted by Gasteiger charge is 2.69. The van der Waals surface area contributed by atoms with E-state index in [1.807, 2.05) is 0 Å². The van der Waals surface area contributed by atoms with Gasteiger partial charge in [-0.3, -0.25) is 0 Å². The summed E-state index contributed by atoms with van der Waals surface area (Å²) in [5.41, 5.74) is 6.82. The average molecular weight is 395 g/mol. The first kappa shape index (κ1) is 17.8. The second kappa shape index (κ2) is 5.90. The molecule has 30 heavy (non-hydrogen) atoms. The standard InChI is InChI=1S/C30H34/c1-19-3-5-20(6-4-19)7-8-21-9-11-22(12-10-21)30-16-26-23-13-29(2)14-24(26)28(18-30)25(15-29)27(23)17-30/h3-12,23-28H,13-18H2,1-2H3/b8-7+. The second-order valence-electron chi connectivity index (χ2n) is 12.2. The van der Waals surface area contributed by atoms with Crippen molar-refractivity contribution < 1.29 is 0 Å². The molecule has 0 saturated heterocycles. The van der Waals surface area contributed by atoms with Gasteiger partial charge in [0.15, 0.2) is 0 Å². The Labute approximate surface area is 181 Å². The van der Waals surface area contributed by atoms with Crippen molar-refractivity contribution in [3.05, 3.63) is 70.8 Å². The Kier molecular flexibility index (Phi) is 3.51. The van der Waals surface area contributed by atoms with E-state index in [0.717, 1.165) is 35.5 Å². The van der Waals surface area contributed by atoms with E-state index in [9.17, 15) is 0 Å². The lowest BCUT2D eigenvalue weighted by molar-refractivity contribution is -0.236. The first-order valence-corrected chi connectivity index (χ1v) is 12.4. The maximum absolute atomic E-state index is 2.63. The van der Waals surface area contributed by atoms with E-state index in [2.05, 4.69) is 74.5 Å². The molecule has 7 aliphatic rings. The van der Waals surface area contributed by atoms with Crippen LogP contribution in [0.4, 0.5) is 0 Å². The maximum Gasteiger partial charge on any atom is -0.00384 e. The monoisotopic (exact) mass is 394 g/mol. The summed E-state index contributed by atoms with van der Waals surface area (Å²) in [5, 5.41) is 0. The van der Waals surface area contributed by atoms with Crippen molar-refractivity contribution in [2.45, 2.75) is 57.8 Å². The van der Waals surface area contributed by atoms with Crippen LogP contribution >= 0.6 is 0 Å². The zero-order chi connectivity index (χ0) is 20.1. The van der Waals surface area contributed by atoms with Gasteiger partial charge in [-0.15, -0.1) is 0 Å². The largest absolute Gasteiger partial charge is 0.0596 e. The molecule has 0 amide bonds. The first-order valence-electron chi connectivity index (χ1n) is 12.4. The molecule has 9 rings (SSSR count). The summed E-state index contributed by atoms with van der Waals surface area (Å²) in [5.74, 6) is 6.38. The van der Waals surface area contributed by atoms with Crippen molar-refractivity contribution in [1.82, 2.24) is 0 Å². The van der Waals surface area contributed by atoms with Gasteiger partial charge in [0.2, 0.25) is 0 Å². The summed E-state index contributed by atoms with van der Waals surface area (Å²) in [6, 6.07) is 18.5. The molecule has 8 bridgehead atoms. The molecule has 154 valence electrons. The summed E-state index contributed by atoms with van der Waals surface area (Å²) in [6.45, 7) is 4.77. The zero-order valence-electron chi connectivity index (χ0n) is 18.5. The Morgan fingerprint density at radius 1 is 0.600 bits per heavy atom. The fraction of sp³-hybridized carbons (Fsp3) is 0.533. The van der Waals surface area contributed by atoms with Gasteiger partial charge in [0, 0.05) is 0 Å². The molecule has 7 saturated carbocycles. The minimum absolute atomic E-state index is 0.508. The molecule has 0 spiro atoms. The van der Waals surface area contributed by atoms with Crippen LogP contribution < -0.4 is 0 Å². The first-order chi connectivity index (χ1) is 14.5. The number of hydrogen-bond donors (Lipinski definition) is 0. The molecule has 0 aliphatic heterocycles. The van der Waals surface area contributed by atoms with Gasteiger partial charge in [0.05, 0.1) is 0 Å². The number of benzene rings is 2. The lowest BCUT2D eigenvalue weighted by Crippen LogP contribution is -2.68. The quantitative estimate of drug-likeness (QED) is 0.472. The van der Waals surface area contributed by atoms with Gasteiger partial charge in [-0.1, -0.05) is 73.2 Å². The molecule has 7 aliphatic carbocycles. The molecule has 0 radical (unpaired) electrons. The molecule has 0 nitrogen and oxygen atoms in total. The van der Waals surface area contributed by atoms with E-state index in [0.29, 0.717) is 10.8 Å². The summed E-state index contributed by atoms with van der Waals surface area (Å²) in [6.07, 6.45) is 13.7. The summed E-state index contributed by atoms with van der Waals surface area (Å²) in [7, 11) is 0. The van der Waals surface area contributed by atoms with E-state index in [1.54, 1.807) is 24.8 Å². The van der Waals surface area contributed by atoms with Crippen LogP contribution in [0.2, 0.25) is 0 Å². The topological polar surface area (TPSA) is 0 Å². The molecular formula is C30H34. The minimum atomic E-state index is 0.508. The van der Waals surface area contributed by atoms with Crippen LogP contribution in [0.3, 0.4) is 0 Å². The van der Waals surface area contributed by atoms with E-state index in [4.69, 9.17) is 0 Å². The van der Waals surface area contributed by atoms with E-state index in [-0.39, 0.29) is 0 Å². The Bertz CT molecular complexity index is 942. The van der Waals surface area contributed by atoms with Crippen LogP contribution in [0.1, 0.15) is 67.7 Å². The molecular weight excluding hydrogens is 360 g/mol. The van der Waals surface area contributed by atoms with E-state index >= 15 is 0 Å². The summed E-state index contributed by atoms with van der Waals surface area (Å²) < 4.78 is 0. The highest BCUT2D eigenvalue weighted by atomic mass is 14.7. The predicted octanol–water partition coefficient (Wildman–Crippen LogP) is 7.52. The Morgan fingerprint density at radius 2 is 1.00 bits per heavy atom. The van der Waals surface area contributed by atoms with Gasteiger partial charge in [0.25, 0.3) is 0 Å². The van der Waals surface area contributed by atoms with Crippen molar-refractivity contribution in [2.75, 3.05) is 0 Å². The van der Waals surface area contributed by atoms with Crippen LogP contribution in [-0.4, -0.2) is 0 Å². The normalized spacial score (nSPS) is 45.0. The number of rotatable bonds is 3. The third-order valence-electron chi connectivity index (χ3n) is 10.4.